The molecule has 0 heterocycles. The highest BCUT2D eigenvalue weighted by atomic mass is 35.5. The molecule has 2 N–H and O–H groups in total. The summed E-state index contributed by atoms with van der Waals surface area (Å²) in [6.45, 7) is 13.1. The summed E-state index contributed by atoms with van der Waals surface area (Å²) >= 11 is 6.46. The second kappa shape index (κ2) is 12.9. The fraction of sp³-hybridized carbons (Fsp3) is 0.516. The largest absolute Gasteiger partial charge is 0.444 e. The first kappa shape index (κ1) is 30.5. The Kier molecular flexibility index (Phi) is 10.1. The van der Waals surface area contributed by atoms with Gasteiger partial charge in [0.1, 0.15) is 17.7 Å². The summed E-state index contributed by atoms with van der Waals surface area (Å²) in [6.07, 6.45) is 2.54. The van der Waals surface area contributed by atoms with Gasteiger partial charge in [-0.05, 0) is 77.0 Å². The van der Waals surface area contributed by atoms with Crippen LogP contribution < -0.4 is 10.6 Å². The highest BCUT2D eigenvalue weighted by Gasteiger charge is 2.43. The van der Waals surface area contributed by atoms with Crippen LogP contribution in [-0.4, -0.2) is 40.5 Å². The first-order valence-corrected chi connectivity index (χ1v) is 14.1. The van der Waals surface area contributed by atoms with Crippen LogP contribution in [0.25, 0.3) is 0 Å². The number of rotatable bonds is 9. The average Bonchev–Trinajstić information content (AvgIpc) is 2.81. The number of nitrogens with one attached hydrogen (secondary N) is 2. The number of halogens is 1. The minimum atomic E-state index is -0.912. The van der Waals surface area contributed by atoms with Crippen LogP contribution >= 0.6 is 11.6 Å². The van der Waals surface area contributed by atoms with Crippen LogP contribution in [0.5, 0.6) is 0 Å². The molecule has 0 spiro atoms. The van der Waals surface area contributed by atoms with Gasteiger partial charge >= 0.3 is 6.09 Å². The highest BCUT2D eigenvalue weighted by molar-refractivity contribution is 6.34. The van der Waals surface area contributed by atoms with E-state index < -0.39 is 23.8 Å². The fourth-order valence-electron chi connectivity index (χ4n) is 4.72. The van der Waals surface area contributed by atoms with Crippen molar-refractivity contribution >= 4 is 35.2 Å². The van der Waals surface area contributed by atoms with Crippen molar-refractivity contribution in [2.75, 3.05) is 5.32 Å². The lowest BCUT2D eigenvalue weighted by atomic mass is 9.86. The molecule has 1 aliphatic rings. The number of anilines is 1. The molecule has 212 valence electrons. The lowest BCUT2D eigenvalue weighted by Crippen LogP contribution is -2.58. The van der Waals surface area contributed by atoms with Crippen molar-refractivity contribution in [3.05, 3.63) is 64.2 Å². The Morgan fingerprint density at radius 3 is 2.31 bits per heavy atom. The number of carbonyl (C=O) groups is 3. The molecule has 8 heteroatoms. The number of alkyl carbamates (subject to hydrolysis) is 1. The number of para-hydroxylation sites is 1. The maximum atomic E-state index is 14.4. The normalized spacial score (nSPS) is 15.9. The summed E-state index contributed by atoms with van der Waals surface area (Å²) in [5, 5.41) is 6.27. The van der Waals surface area contributed by atoms with Gasteiger partial charge in [-0.1, -0.05) is 73.8 Å². The number of amides is 3. The standard InChI is InChI=1S/C31H42ClN3O4/c1-8-20(3)26(34-30(38)39-31(5,6)7)29(37)35(23-15-11-16-23)27(22-14-9-12-19(2)18-22)28(36)33-25-21(4)13-10-17-24(25)32/h9-10,12-14,17-18,20,23,26-27H,8,11,15-16H2,1-7H3,(H,33,36)(H,34,38). The molecule has 3 rings (SSSR count). The molecular weight excluding hydrogens is 514 g/mol. The van der Waals surface area contributed by atoms with Gasteiger partial charge in [-0.25, -0.2) is 4.79 Å². The zero-order valence-corrected chi connectivity index (χ0v) is 24.9. The fourth-order valence-corrected chi connectivity index (χ4v) is 4.99. The van der Waals surface area contributed by atoms with Gasteiger partial charge in [-0.15, -0.1) is 0 Å². The van der Waals surface area contributed by atoms with Crippen molar-refractivity contribution < 1.29 is 19.1 Å². The van der Waals surface area contributed by atoms with Crippen LogP contribution in [0.4, 0.5) is 10.5 Å². The summed E-state index contributed by atoms with van der Waals surface area (Å²) in [6, 6.07) is 11.2. The second-order valence-electron chi connectivity index (χ2n) is 11.6. The summed E-state index contributed by atoms with van der Waals surface area (Å²) in [5.74, 6) is -0.825. The van der Waals surface area contributed by atoms with Crippen molar-refractivity contribution in [1.82, 2.24) is 10.2 Å². The van der Waals surface area contributed by atoms with Gasteiger partial charge in [-0.2, -0.15) is 0 Å². The van der Waals surface area contributed by atoms with Gasteiger partial charge in [-0.3, -0.25) is 9.59 Å². The SMILES string of the molecule is CCC(C)C(NC(=O)OC(C)(C)C)C(=O)N(C1CCC1)C(C(=O)Nc1c(C)cccc1Cl)c1cccc(C)c1. The topological polar surface area (TPSA) is 87.7 Å². The molecule has 3 atom stereocenters. The van der Waals surface area contributed by atoms with Crippen molar-refractivity contribution in [2.45, 2.75) is 97.9 Å². The monoisotopic (exact) mass is 555 g/mol. The van der Waals surface area contributed by atoms with Crippen molar-refractivity contribution in [1.29, 1.82) is 0 Å². The number of hydrogen-bond acceptors (Lipinski definition) is 4. The molecule has 0 saturated heterocycles. The summed E-state index contributed by atoms with van der Waals surface area (Å²) in [7, 11) is 0. The van der Waals surface area contributed by atoms with Crippen LogP contribution in [-0.2, 0) is 14.3 Å². The number of nitrogens with zero attached hydrogens (tertiary/aromatic N) is 1. The van der Waals surface area contributed by atoms with Crippen LogP contribution in [0.15, 0.2) is 42.5 Å². The first-order valence-electron chi connectivity index (χ1n) is 13.8. The summed E-state index contributed by atoms with van der Waals surface area (Å²) < 4.78 is 5.49. The van der Waals surface area contributed by atoms with E-state index in [2.05, 4.69) is 10.6 Å². The molecular formula is C31H42ClN3O4. The van der Waals surface area contributed by atoms with Gasteiger partial charge < -0.3 is 20.3 Å². The van der Waals surface area contributed by atoms with Gasteiger partial charge in [0, 0.05) is 6.04 Å². The number of carbonyl (C=O) groups excluding carboxylic acids is 3. The number of aryl methyl sites for hydroxylation is 2. The third-order valence-electron chi connectivity index (χ3n) is 7.23. The van der Waals surface area contributed by atoms with E-state index in [0.29, 0.717) is 22.7 Å². The maximum Gasteiger partial charge on any atom is 0.408 e. The van der Waals surface area contributed by atoms with E-state index >= 15 is 0 Å². The van der Waals surface area contributed by atoms with E-state index in [1.54, 1.807) is 31.7 Å². The predicted molar refractivity (Wildman–Crippen MR) is 156 cm³/mol. The average molecular weight is 556 g/mol. The molecule has 2 aromatic rings. The minimum absolute atomic E-state index is 0.131. The lowest BCUT2D eigenvalue weighted by Gasteiger charge is -2.44. The third kappa shape index (κ3) is 7.75. The number of benzene rings is 2. The van der Waals surface area contributed by atoms with E-state index in [1.807, 2.05) is 64.1 Å². The zero-order valence-electron chi connectivity index (χ0n) is 24.1. The summed E-state index contributed by atoms with van der Waals surface area (Å²) in [4.78, 5) is 43.0. The van der Waals surface area contributed by atoms with E-state index in [0.717, 1.165) is 30.4 Å². The van der Waals surface area contributed by atoms with Crippen molar-refractivity contribution in [3.63, 3.8) is 0 Å². The molecule has 3 amide bonds. The Bertz CT molecular complexity index is 1170. The van der Waals surface area contributed by atoms with Gasteiger partial charge in [0.25, 0.3) is 5.91 Å². The zero-order chi connectivity index (χ0) is 28.9. The maximum absolute atomic E-state index is 14.4. The van der Waals surface area contributed by atoms with Gasteiger partial charge in [0.2, 0.25) is 5.91 Å². The smallest absolute Gasteiger partial charge is 0.408 e. The van der Waals surface area contributed by atoms with Crippen LogP contribution in [0, 0.1) is 19.8 Å². The number of ether oxygens (including phenoxy) is 1. The van der Waals surface area contributed by atoms with E-state index in [4.69, 9.17) is 16.3 Å². The van der Waals surface area contributed by atoms with E-state index in [-0.39, 0.29) is 23.8 Å². The van der Waals surface area contributed by atoms with Crippen LogP contribution in [0.3, 0.4) is 0 Å². The molecule has 0 radical (unpaired) electrons. The lowest BCUT2D eigenvalue weighted by molar-refractivity contribution is -0.147. The van der Waals surface area contributed by atoms with Gasteiger partial charge in [0.05, 0.1) is 10.7 Å². The molecule has 1 saturated carbocycles. The Balaban J connectivity index is 2.07. The third-order valence-corrected chi connectivity index (χ3v) is 7.54. The van der Waals surface area contributed by atoms with Crippen LogP contribution in [0.2, 0.25) is 5.02 Å². The molecule has 0 aromatic heterocycles. The molecule has 0 aliphatic heterocycles. The molecule has 0 bridgehead atoms. The molecule has 1 aliphatic carbocycles. The van der Waals surface area contributed by atoms with E-state index in [1.165, 1.54) is 0 Å². The van der Waals surface area contributed by atoms with Crippen molar-refractivity contribution in [3.8, 4) is 0 Å². The molecule has 7 nitrogen and oxygen atoms in total. The first-order chi connectivity index (χ1) is 18.3. The Morgan fingerprint density at radius 2 is 1.77 bits per heavy atom. The van der Waals surface area contributed by atoms with E-state index in [9.17, 15) is 14.4 Å². The highest BCUT2D eigenvalue weighted by Crippen LogP contribution is 2.36. The molecule has 2 aromatic carbocycles. The molecule has 3 unspecified atom stereocenters. The predicted octanol–water partition coefficient (Wildman–Crippen LogP) is 6.96. The molecule has 39 heavy (non-hydrogen) atoms. The summed E-state index contributed by atoms with van der Waals surface area (Å²) in [5.41, 5.74) is 2.32. The van der Waals surface area contributed by atoms with Crippen molar-refractivity contribution in [2.24, 2.45) is 5.92 Å². The minimum Gasteiger partial charge on any atom is -0.444 e. The van der Waals surface area contributed by atoms with Crippen LogP contribution in [0.1, 0.15) is 83.0 Å². The van der Waals surface area contributed by atoms with Gasteiger partial charge in [0.15, 0.2) is 0 Å². The Morgan fingerprint density at radius 1 is 1.10 bits per heavy atom. The second-order valence-corrected chi connectivity index (χ2v) is 12.0. The Labute approximate surface area is 237 Å². The quantitative estimate of drug-likeness (QED) is 0.350. The Hall–Kier alpha value is -3.06. The molecule has 1 fully saturated rings. The number of hydrogen-bond donors (Lipinski definition) is 2.